The Morgan fingerprint density at radius 1 is 1.10 bits per heavy atom. The van der Waals surface area contributed by atoms with Crippen molar-refractivity contribution < 1.29 is 4.74 Å². The monoisotopic (exact) mass is 306 g/mol. The normalized spacial score (nSPS) is 12.6. The zero-order valence-electron chi connectivity index (χ0n) is 10.7. The minimum atomic E-state index is -0.192. The second-order valence-corrected chi connectivity index (χ2v) is 5.29. The molecule has 3 aromatic rings. The van der Waals surface area contributed by atoms with Crippen molar-refractivity contribution >= 4 is 34.2 Å². The molecule has 0 aliphatic heterocycles. The third-order valence-corrected chi connectivity index (χ3v) is 3.71. The molecule has 0 spiro atoms. The molecule has 2 aromatic carbocycles. The molecule has 0 saturated heterocycles. The van der Waals surface area contributed by atoms with E-state index in [1.54, 1.807) is 12.1 Å². The van der Waals surface area contributed by atoms with E-state index in [9.17, 15) is 0 Å². The summed E-state index contributed by atoms with van der Waals surface area (Å²) >= 11 is 12.0. The standard InChI is InChI=1S/C15H12Cl2N2O/c1-9(20-10-5-3-2-4-6-10)15-18-13-7-11(16)12(17)8-14(13)19-15/h2-9H,1H3,(H,18,19)/t9-/m0/s1. The van der Waals surface area contributed by atoms with Crippen LogP contribution < -0.4 is 4.74 Å². The lowest BCUT2D eigenvalue weighted by Crippen LogP contribution is -2.04. The van der Waals surface area contributed by atoms with Crippen LogP contribution in [0.25, 0.3) is 11.0 Å². The average molecular weight is 307 g/mol. The summed E-state index contributed by atoms with van der Waals surface area (Å²) in [5.41, 5.74) is 1.62. The van der Waals surface area contributed by atoms with E-state index in [-0.39, 0.29) is 6.10 Å². The lowest BCUT2D eigenvalue weighted by molar-refractivity contribution is 0.218. The molecule has 0 aliphatic carbocycles. The van der Waals surface area contributed by atoms with Crippen LogP contribution in [0.4, 0.5) is 0 Å². The maximum atomic E-state index is 6.00. The van der Waals surface area contributed by atoms with Gasteiger partial charge in [0.15, 0.2) is 6.10 Å². The number of ether oxygens (including phenoxy) is 1. The molecule has 3 nitrogen and oxygen atoms in total. The Morgan fingerprint density at radius 2 is 1.80 bits per heavy atom. The molecular formula is C15H12Cl2N2O. The topological polar surface area (TPSA) is 37.9 Å². The maximum absolute atomic E-state index is 6.00. The lowest BCUT2D eigenvalue weighted by Gasteiger charge is -2.11. The van der Waals surface area contributed by atoms with E-state index in [2.05, 4.69) is 9.97 Å². The van der Waals surface area contributed by atoms with Crippen LogP contribution >= 0.6 is 23.2 Å². The van der Waals surface area contributed by atoms with Crippen LogP contribution in [-0.2, 0) is 0 Å². The van der Waals surface area contributed by atoms with Gasteiger partial charge in [0.2, 0.25) is 0 Å². The van der Waals surface area contributed by atoms with Crippen LogP contribution in [-0.4, -0.2) is 9.97 Å². The fourth-order valence-electron chi connectivity index (χ4n) is 1.98. The number of nitrogens with zero attached hydrogens (tertiary/aromatic N) is 1. The Labute approximate surface area is 126 Å². The van der Waals surface area contributed by atoms with Crippen molar-refractivity contribution in [2.24, 2.45) is 0 Å². The Balaban J connectivity index is 1.90. The molecule has 5 heteroatoms. The molecule has 0 radical (unpaired) electrons. The Morgan fingerprint density at radius 3 is 2.55 bits per heavy atom. The minimum Gasteiger partial charge on any atom is -0.483 e. The molecule has 20 heavy (non-hydrogen) atoms. The number of rotatable bonds is 3. The molecule has 1 atom stereocenters. The van der Waals surface area contributed by atoms with E-state index in [4.69, 9.17) is 27.9 Å². The van der Waals surface area contributed by atoms with Gasteiger partial charge >= 0.3 is 0 Å². The summed E-state index contributed by atoms with van der Waals surface area (Å²) < 4.78 is 5.83. The van der Waals surface area contributed by atoms with Crippen molar-refractivity contribution in [3.05, 3.63) is 58.3 Å². The van der Waals surface area contributed by atoms with Gasteiger partial charge in [0, 0.05) is 0 Å². The molecular weight excluding hydrogens is 295 g/mol. The number of para-hydroxylation sites is 1. The van der Waals surface area contributed by atoms with Crippen LogP contribution in [0.1, 0.15) is 18.9 Å². The summed E-state index contributed by atoms with van der Waals surface area (Å²) in [6, 6.07) is 13.1. The van der Waals surface area contributed by atoms with Crippen molar-refractivity contribution in [3.63, 3.8) is 0 Å². The van der Waals surface area contributed by atoms with Gasteiger partial charge in [0.05, 0.1) is 21.1 Å². The Bertz CT molecular complexity index is 701. The highest BCUT2D eigenvalue weighted by Crippen LogP contribution is 2.28. The summed E-state index contributed by atoms with van der Waals surface area (Å²) in [6.45, 7) is 1.94. The number of fused-ring (bicyclic) bond motifs is 1. The quantitative estimate of drug-likeness (QED) is 0.738. The first kappa shape index (κ1) is 13.3. The van der Waals surface area contributed by atoms with Gasteiger partial charge in [-0.05, 0) is 31.2 Å². The molecule has 0 aliphatic rings. The predicted molar refractivity (Wildman–Crippen MR) is 81.6 cm³/mol. The second-order valence-electron chi connectivity index (χ2n) is 4.48. The SMILES string of the molecule is C[C@H](Oc1ccccc1)c1nc2cc(Cl)c(Cl)cc2[nH]1. The molecule has 0 amide bonds. The molecule has 0 unspecified atom stereocenters. The predicted octanol–water partition coefficient (Wildman–Crippen LogP) is 5.01. The zero-order chi connectivity index (χ0) is 14.1. The van der Waals surface area contributed by atoms with Crippen LogP contribution in [0.2, 0.25) is 10.0 Å². The van der Waals surface area contributed by atoms with Crippen LogP contribution in [0.3, 0.4) is 0 Å². The largest absolute Gasteiger partial charge is 0.483 e. The van der Waals surface area contributed by atoms with Gasteiger partial charge in [0.1, 0.15) is 11.6 Å². The van der Waals surface area contributed by atoms with Gasteiger partial charge in [-0.1, -0.05) is 41.4 Å². The first-order valence-electron chi connectivity index (χ1n) is 6.20. The van der Waals surface area contributed by atoms with Gasteiger partial charge in [-0.3, -0.25) is 0 Å². The first-order chi connectivity index (χ1) is 9.63. The smallest absolute Gasteiger partial charge is 0.153 e. The first-order valence-corrected chi connectivity index (χ1v) is 6.95. The van der Waals surface area contributed by atoms with E-state index in [0.717, 1.165) is 22.6 Å². The molecule has 0 bridgehead atoms. The van der Waals surface area contributed by atoms with E-state index in [0.29, 0.717) is 10.0 Å². The van der Waals surface area contributed by atoms with E-state index < -0.39 is 0 Å². The van der Waals surface area contributed by atoms with Crippen molar-refractivity contribution in [3.8, 4) is 5.75 Å². The molecule has 0 saturated carbocycles. The number of imidazole rings is 1. The summed E-state index contributed by atoms with van der Waals surface area (Å²) in [6.07, 6.45) is -0.192. The van der Waals surface area contributed by atoms with Gasteiger partial charge in [-0.2, -0.15) is 0 Å². The van der Waals surface area contributed by atoms with Gasteiger partial charge in [0.25, 0.3) is 0 Å². The number of hydrogen-bond acceptors (Lipinski definition) is 2. The van der Waals surface area contributed by atoms with Gasteiger partial charge in [-0.15, -0.1) is 0 Å². The fraction of sp³-hybridized carbons (Fsp3) is 0.133. The van der Waals surface area contributed by atoms with E-state index in [1.807, 2.05) is 37.3 Å². The Hall–Kier alpha value is -1.71. The second kappa shape index (κ2) is 5.35. The summed E-state index contributed by atoms with van der Waals surface area (Å²) in [5.74, 6) is 1.54. The molecule has 1 aromatic heterocycles. The molecule has 3 rings (SSSR count). The van der Waals surface area contributed by atoms with Gasteiger partial charge < -0.3 is 9.72 Å². The molecule has 102 valence electrons. The number of halogens is 2. The van der Waals surface area contributed by atoms with E-state index >= 15 is 0 Å². The summed E-state index contributed by atoms with van der Waals surface area (Å²) in [5, 5.41) is 1.000. The number of nitrogens with one attached hydrogen (secondary N) is 1. The van der Waals surface area contributed by atoms with E-state index in [1.165, 1.54) is 0 Å². The number of aromatic nitrogens is 2. The Kier molecular flexibility index (Phi) is 3.55. The highest BCUT2D eigenvalue weighted by molar-refractivity contribution is 6.42. The third-order valence-electron chi connectivity index (χ3n) is 2.98. The highest BCUT2D eigenvalue weighted by Gasteiger charge is 2.13. The number of benzene rings is 2. The number of aromatic amines is 1. The average Bonchev–Trinajstić information content (AvgIpc) is 2.83. The summed E-state index contributed by atoms with van der Waals surface area (Å²) in [7, 11) is 0. The number of H-pyrrole nitrogens is 1. The highest BCUT2D eigenvalue weighted by atomic mass is 35.5. The third kappa shape index (κ3) is 2.60. The molecule has 1 N–H and O–H groups in total. The molecule has 0 fully saturated rings. The molecule has 1 heterocycles. The van der Waals surface area contributed by atoms with Crippen molar-refractivity contribution in [2.75, 3.05) is 0 Å². The number of hydrogen-bond donors (Lipinski definition) is 1. The fourth-order valence-corrected chi connectivity index (χ4v) is 2.30. The van der Waals surface area contributed by atoms with Crippen LogP contribution in [0.15, 0.2) is 42.5 Å². The lowest BCUT2D eigenvalue weighted by atomic mass is 10.3. The van der Waals surface area contributed by atoms with Crippen LogP contribution in [0.5, 0.6) is 5.75 Å². The maximum Gasteiger partial charge on any atom is 0.153 e. The van der Waals surface area contributed by atoms with Crippen molar-refractivity contribution in [1.29, 1.82) is 0 Å². The van der Waals surface area contributed by atoms with Crippen molar-refractivity contribution in [1.82, 2.24) is 9.97 Å². The van der Waals surface area contributed by atoms with Gasteiger partial charge in [-0.25, -0.2) is 4.98 Å². The van der Waals surface area contributed by atoms with Crippen LogP contribution in [0, 0.1) is 0 Å². The summed E-state index contributed by atoms with van der Waals surface area (Å²) in [4.78, 5) is 7.69. The van der Waals surface area contributed by atoms with Crippen molar-refractivity contribution in [2.45, 2.75) is 13.0 Å². The minimum absolute atomic E-state index is 0.192. The zero-order valence-corrected chi connectivity index (χ0v) is 12.2.